The average Bonchev–Trinajstić information content (AvgIpc) is 2.75. The smallest absolute Gasteiger partial charge is 0.371 e. The van der Waals surface area contributed by atoms with Gasteiger partial charge in [0, 0.05) is 12.1 Å². The summed E-state index contributed by atoms with van der Waals surface area (Å²) < 4.78 is 32.2. The number of carboxylic acid groups (broad SMARTS) is 1. The van der Waals surface area contributed by atoms with E-state index in [2.05, 4.69) is 20.7 Å². The number of nitrogens with one attached hydrogen (secondary N) is 1. The first kappa shape index (κ1) is 16.5. The van der Waals surface area contributed by atoms with Crippen LogP contribution in [0, 0.1) is 0 Å². The summed E-state index contributed by atoms with van der Waals surface area (Å²) in [7, 11) is -3.79. The minimum atomic E-state index is -3.79. The third-order valence-corrected chi connectivity index (χ3v) is 5.96. The van der Waals surface area contributed by atoms with Crippen LogP contribution in [0.1, 0.15) is 55.5 Å². The highest BCUT2D eigenvalue weighted by Gasteiger charge is 2.27. The largest absolute Gasteiger partial charge is 0.475 e. The molecule has 1 aliphatic carbocycles. The second-order valence-electron chi connectivity index (χ2n) is 5.22. The SMILES string of the molecule is O=C(O)c1cc(S(=O)(=O)NC2CCCCCCC2)c(Br)o1. The third kappa shape index (κ3) is 4.31. The minimum Gasteiger partial charge on any atom is -0.475 e. The van der Waals surface area contributed by atoms with Crippen LogP contribution in [0.3, 0.4) is 0 Å². The van der Waals surface area contributed by atoms with Crippen molar-refractivity contribution in [1.29, 1.82) is 0 Å². The molecule has 2 rings (SSSR count). The molecular formula is C13H18BrNO5S. The maximum absolute atomic E-state index is 12.4. The molecule has 8 heteroatoms. The fourth-order valence-corrected chi connectivity index (χ4v) is 4.74. The summed E-state index contributed by atoms with van der Waals surface area (Å²) in [6, 6.07) is 0.919. The molecule has 1 heterocycles. The Morgan fingerprint density at radius 3 is 2.33 bits per heavy atom. The van der Waals surface area contributed by atoms with Crippen molar-refractivity contribution in [3.63, 3.8) is 0 Å². The number of furan rings is 1. The molecule has 0 bridgehead atoms. The summed E-state index contributed by atoms with van der Waals surface area (Å²) in [4.78, 5) is 10.7. The van der Waals surface area contributed by atoms with E-state index in [1.807, 2.05) is 0 Å². The highest BCUT2D eigenvalue weighted by molar-refractivity contribution is 9.10. The molecule has 1 saturated carbocycles. The summed E-state index contributed by atoms with van der Waals surface area (Å²) in [6.07, 6.45) is 7.06. The predicted octanol–water partition coefficient (Wildman–Crippen LogP) is 3.13. The lowest BCUT2D eigenvalue weighted by Crippen LogP contribution is -2.35. The first-order valence-electron chi connectivity index (χ1n) is 6.95. The second-order valence-corrected chi connectivity index (χ2v) is 7.62. The highest BCUT2D eigenvalue weighted by atomic mass is 79.9. The van der Waals surface area contributed by atoms with Gasteiger partial charge in [0.25, 0.3) is 0 Å². The number of hydrogen-bond donors (Lipinski definition) is 2. The van der Waals surface area contributed by atoms with E-state index >= 15 is 0 Å². The Kier molecular flexibility index (Phi) is 5.45. The summed E-state index contributed by atoms with van der Waals surface area (Å²) in [5.41, 5.74) is 0. The Bertz CT molecular complexity index is 602. The Labute approximate surface area is 132 Å². The molecule has 0 atom stereocenters. The first-order chi connectivity index (χ1) is 9.90. The summed E-state index contributed by atoms with van der Waals surface area (Å²) in [5, 5.41) is 8.85. The van der Waals surface area contributed by atoms with Crippen molar-refractivity contribution in [1.82, 2.24) is 4.72 Å². The maximum Gasteiger partial charge on any atom is 0.371 e. The molecule has 0 saturated heterocycles. The number of halogens is 1. The molecule has 1 aliphatic rings. The first-order valence-corrected chi connectivity index (χ1v) is 9.23. The van der Waals surface area contributed by atoms with Gasteiger partial charge in [-0.05, 0) is 28.8 Å². The molecule has 0 radical (unpaired) electrons. The van der Waals surface area contributed by atoms with E-state index in [4.69, 9.17) is 9.52 Å². The van der Waals surface area contributed by atoms with Crippen molar-refractivity contribution in [3.05, 3.63) is 16.5 Å². The van der Waals surface area contributed by atoms with Gasteiger partial charge < -0.3 is 9.52 Å². The van der Waals surface area contributed by atoms with Gasteiger partial charge in [0.05, 0.1) is 0 Å². The molecule has 0 amide bonds. The lowest BCUT2D eigenvalue weighted by Gasteiger charge is -2.20. The topological polar surface area (TPSA) is 96.6 Å². The number of carboxylic acids is 1. The van der Waals surface area contributed by atoms with E-state index in [-0.39, 0.29) is 15.6 Å². The molecule has 1 aromatic rings. The van der Waals surface area contributed by atoms with Crippen molar-refractivity contribution in [2.24, 2.45) is 0 Å². The molecule has 6 nitrogen and oxygen atoms in total. The predicted molar refractivity (Wildman–Crippen MR) is 79.8 cm³/mol. The number of carbonyl (C=O) groups is 1. The van der Waals surface area contributed by atoms with Crippen LogP contribution in [-0.4, -0.2) is 25.5 Å². The van der Waals surface area contributed by atoms with E-state index in [9.17, 15) is 13.2 Å². The van der Waals surface area contributed by atoms with Crippen LogP contribution < -0.4 is 4.72 Å². The van der Waals surface area contributed by atoms with Crippen LogP contribution in [0.4, 0.5) is 0 Å². The van der Waals surface area contributed by atoms with Gasteiger partial charge in [0.1, 0.15) is 4.90 Å². The van der Waals surface area contributed by atoms with Crippen LogP contribution in [0.25, 0.3) is 0 Å². The molecular weight excluding hydrogens is 362 g/mol. The average molecular weight is 380 g/mol. The van der Waals surface area contributed by atoms with Gasteiger partial charge in [-0.15, -0.1) is 0 Å². The van der Waals surface area contributed by atoms with Crippen molar-refractivity contribution < 1.29 is 22.7 Å². The Morgan fingerprint density at radius 1 is 1.24 bits per heavy atom. The highest BCUT2D eigenvalue weighted by Crippen LogP contribution is 2.27. The van der Waals surface area contributed by atoms with Crippen LogP contribution in [-0.2, 0) is 10.0 Å². The standard InChI is InChI=1S/C13H18BrNO5S/c14-12-11(8-10(20-12)13(16)17)21(18,19)15-9-6-4-2-1-3-5-7-9/h8-9,15H,1-7H2,(H,16,17). The summed E-state index contributed by atoms with van der Waals surface area (Å²) in [6.45, 7) is 0. The normalized spacial score (nSPS) is 18.1. The van der Waals surface area contributed by atoms with Crippen molar-refractivity contribution in [2.45, 2.75) is 55.9 Å². The van der Waals surface area contributed by atoms with Gasteiger partial charge in [-0.3, -0.25) is 0 Å². The number of rotatable bonds is 4. The summed E-state index contributed by atoms with van der Waals surface area (Å²) >= 11 is 2.96. The molecule has 0 aliphatic heterocycles. The molecule has 0 unspecified atom stereocenters. The van der Waals surface area contributed by atoms with E-state index in [0.717, 1.165) is 44.6 Å². The number of sulfonamides is 1. The Balaban J connectivity index is 2.15. The van der Waals surface area contributed by atoms with Crippen LogP contribution in [0.2, 0.25) is 0 Å². The fourth-order valence-electron chi connectivity index (χ4n) is 2.50. The van der Waals surface area contributed by atoms with Gasteiger partial charge in [0.15, 0.2) is 4.67 Å². The Morgan fingerprint density at radius 2 is 1.81 bits per heavy atom. The molecule has 1 aromatic heterocycles. The van der Waals surface area contributed by atoms with Crippen LogP contribution in [0.5, 0.6) is 0 Å². The molecule has 21 heavy (non-hydrogen) atoms. The zero-order valence-corrected chi connectivity index (χ0v) is 13.9. The third-order valence-electron chi connectivity index (χ3n) is 3.58. The van der Waals surface area contributed by atoms with E-state index < -0.39 is 21.8 Å². The lowest BCUT2D eigenvalue weighted by atomic mass is 9.97. The monoisotopic (exact) mass is 379 g/mol. The van der Waals surface area contributed by atoms with Crippen LogP contribution >= 0.6 is 15.9 Å². The van der Waals surface area contributed by atoms with Gasteiger partial charge in [-0.2, -0.15) is 0 Å². The van der Waals surface area contributed by atoms with E-state index in [1.54, 1.807) is 0 Å². The maximum atomic E-state index is 12.4. The van der Waals surface area contributed by atoms with Gasteiger partial charge in [0.2, 0.25) is 15.8 Å². The van der Waals surface area contributed by atoms with Crippen molar-refractivity contribution in [2.75, 3.05) is 0 Å². The fraction of sp³-hybridized carbons (Fsp3) is 0.615. The minimum absolute atomic E-state index is 0.0850. The molecule has 1 fully saturated rings. The lowest BCUT2D eigenvalue weighted by molar-refractivity contribution is 0.0661. The zero-order chi connectivity index (χ0) is 15.5. The Hall–Kier alpha value is -0.860. The number of hydrogen-bond acceptors (Lipinski definition) is 4. The molecule has 118 valence electrons. The van der Waals surface area contributed by atoms with Gasteiger partial charge in [-0.1, -0.05) is 32.1 Å². The molecule has 0 aromatic carbocycles. The van der Waals surface area contributed by atoms with Gasteiger partial charge in [-0.25, -0.2) is 17.9 Å². The zero-order valence-electron chi connectivity index (χ0n) is 11.5. The van der Waals surface area contributed by atoms with Crippen LogP contribution in [0.15, 0.2) is 20.0 Å². The van der Waals surface area contributed by atoms with E-state index in [0.29, 0.717) is 0 Å². The summed E-state index contributed by atoms with van der Waals surface area (Å²) in [5.74, 6) is -1.71. The second kappa shape index (κ2) is 6.93. The number of aromatic carboxylic acids is 1. The van der Waals surface area contributed by atoms with Gasteiger partial charge >= 0.3 is 5.97 Å². The quantitative estimate of drug-likeness (QED) is 0.837. The van der Waals surface area contributed by atoms with Crippen molar-refractivity contribution in [3.8, 4) is 0 Å². The van der Waals surface area contributed by atoms with Crippen molar-refractivity contribution >= 4 is 31.9 Å². The van der Waals surface area contributed by atoms with E-state index in [1.165, 1.54) is 6.42 Å². The molecule has 0 spiro atoms. The molecule has 2 N–H and O–H groups in total.